The van der Waals surface area contributed by atoms with E-state index >= 15 is 0 Å². The third-order valence-corrected chi connectivity index (χ3v) is 4.31. The standard InChI is InChI=1S/C17H26N2O/c1-2-16(14-8-4-3-5-9-14)17(20)19-13-7-11-15(19)10-6-12-18/h3-5,8-9,15-16H,2,6-7,10-13,18H2,1H3. The molecular weight excluding hydrogens is 248 g/mol. The number of hydrogen-bond acceptors (Lipinski definition) is 2. The fourth-order valence-corrected chi connectivity index (χ4v) is 3.22. The number of nitrogens with zero attached hydrogens (tertiary/aromatic N) is 1. The first-order chi connectivity index (χ1) is 9.77. The second-order valence-electron chi connectivity index (χ2n) is 5.63. The lowest BCUT2D eigenvalue weighted by Gasteiger charge is -2.29. The highest BCUT2D eigenvalue weighted by Crippen LogP contribution is 2.28. The Labute approximate surface area is 122 Å². The molecule has 2 rings (SSSR count). The Morgan fingerprint density at radius 3 is 2.80 bits per heavy atom. The number of nitrogens with two attached hydrogens (primary N) is 1. The van der Waals surface area contributed by atoms with Crippen LogP contribution in [0.1, 0.15) is 50.5 Å². The van der Waals surface area contributed by atoms with Crippen molar-refractivity contribution in [3.05, 3.63) is 35.9 Å². The molecule has 3 heteroatoms. The zero-order chi connectivity index (χ0) is 14.4. The van der Waals surface area contributed by atoms with Gasteiger partial charge in [-0.2, -0.15) is 0 Å². The fourth-order valence-electron chi connectivity index (χ4n) is 3.22. The first-order valence-electron chi connectivity index (χ1n) is 7.83. The Bertz CT molecular complexity index is 418. The van der Waals surface area contributed by atoms with E-state index in [1.165, 1.54) is 0 Å². The summed E-state index contributed by atoms with van der Waals surface area (Å²) in [5.74, 6) is 0.313. The van der Waals surface area contributed by atoms with Crippen LogP contribution in [-0.4, -0.2) is 29.9 Å². The van der Waals surface area contributed by atoms with Crippen molar-refractivity contribution in [2.45, 2.75) is 51.0 Å². The van der Waals surface area contributed by atoms with E-state index in [0.29, 0.717) is 18.5 Å². The maximum absolute atomic E-state index is 12.8. The average molecular weight is 274 g/mol. The highest BCUT2D eigenvalue weighted by molar-refractivity contribution is 5.84. The summed E-state index contributed by atoms with van der Waals surface area (Å²) < 4.78 is 0. The number of hydrogen-bond donors (Lipinski definition) is 1. The number of carbonyl (C=O) groups excluding carboxylic acids is 1. The lowest BCUT2D eigenvalue weighted by molar-refractivity contribution is -0.133. The molecule has 0 radical (unpaired) electrons. The van der Waals surface area contributed by atoms with Gasteiger partial charge in [0.15, 0.2) is 0 Å². The molecule has 1 aromatic carbocycles. The third kappa shape index (κ3) is 3.40. The smallest absolute Gasteiger partial charge is 0.230 e. The van der Waals surface area contributed by atoms with Gasteiger partial charge in [-0.15, -0.1) is 0 Å². The van der Waals surface area contributed by atoms with Crippen LogP contribution in [0.2, 0.25) is 0 Å². The minimum Gasteiger partial charge on any atom is -0.339 e. The summed E-state index contributed by atoms with van der Waals surface area (Å²) in [4.78, 5) is 15.0. The van der Waals surface area contributed by atoms with Gasteiger partial charge >= 0.3 is 0 Å². The lowest BCUT2D eigenvalue weighted by Crippen LogP contribution is -2.39. The van der Waals surface area contributed by atoms with E-state index < -0.39 is 0 Å². The number of rotatable bonds is 6. The van der Waals surface area contributed by atoms with E-state index in [-0.39, 0.29) is 5.92 Å². The summed E-state index contributed by atoms with van der Waals surface area (Å²) in [5.41, 5.74) is 6.74. The number of amides is 1. The zero-order valence-electron chi connectivity index (χ0n) is 12.4. The molecule has 1 aliphatic heterocycles. The van der Waals surface area contributed by atoms with Gasteiger partial charge in [0.2, 0.25) is 5.91 Å². The molecule has 1 amide bonds. The molecule has 0 bridgehead atoms. The maximum atomic E-state index is 12.8. The molecule has 110 valence electrons. The molecule has 1 fully saturated rings. The van der Waals surface area contributed by atoms with E-state index in [1.54, 1.807) is 0 Å². The maximum Gasteiger partial charge on any atom is 0.230 e. The van der Waals surface area contributed by atoms with Crippen LogP contribution in [0.15, 0.2) is 30.3 Å². The first kappa shape index (κ1) is 15.0. The predicted molar refractivity (Wildman–Crippen MR) is 82.5 cm³/mol. The molecule has 1 aliphatic rings. The largest absolute Gasteiger partial charge is 0.339 e. The molecule has 0 saturated carbocycles. The quantitative estimate of drug-likeness (QED) is 0.867. The normalized spacial score (nSPS) is 20.1. The molecular formula is C17H26N2O. The van der Waals surface area contributed by atoms with Crippen molar-refractivity contribution in [2.75, 3.05) is 13.1 Å². The van der Waals surface area contributed by atoms with Crippen molar-refractivity contribution in [1.82, 2.24) is 4.90 Å². The van der Waals surface area contributed by atoms with Gasteiger partial charge in [0, 0.05) is 12.6 Å². The molecule has 20 heavy (non-hydrogen) atoms. The molecule has 0 aromatic heterocycles. The zero-order valence-corrected chi connectivity index (χ0v) is 12.4. The van der Waals surface area contributed by atoms with Crippen LogP contribution in [0.3, 0.4) is 0 Å². The minimum atomic E-state index is 0.00896. The van der Waals surface area contributed by atoms with Crippen LogP contribution >= 0.6 is 0 Å². The molecule has 2 atom stereocenters. The Kier molecular flexibility index (Phi) is 5.60. The van der Waals surface area contributed by atoms with Gasteiger partial charge in [0.25, 0.3) is 0 Å². The Balaban J connectivity index is 2.08. The minimum absolute atomic E-state index is 0.00896. The SMILES string of the molecule is CCC(C(=O)N1CCCC1CCCN)c1ccccc1. The second-order valence-corrected chi connectivity index (χ2v) is 5.63. The van der Waals surface area contributed by atoms with Gasteiger partial charge < -0.3 is 10.6 Å². The van der Waals surface area contributed by atoms with E-state index in [4.69, 9.17) is 5.73 Å². The molecule has 1 saturated heterocycles. The summed E-state index contributed by atoms with van der Waals surface area (Å²) in [5, 5.41) is 0. The molecule has 0 aliphatic carbocycles. The Morgan fingerprint density at radius 2 is 2.15 bits per heavy atom. The molecule has 3 nitrogen and oxygen atoms in total. The van der Waals surface area contributed by atoms with Crippen molar-refractivity contribution in [2.24, 2.45) is 5.73 Å². The number of carbonyl (C=O) groups is 1. The van der Waals surface area contributed by atoms with Crippen LogP contribution < -0.4 is 5.73 Å². The van der Waals surface area contributed by atoms with Crippen LogP contribution in [0, 0.1) is 0 Å². The van der Waals surface area contributed by atoms with Gasteiger partial charge in [-0.3, -0.25) is 4.79 Å². The molecule has 1 heterocycles. The molecule has 2 N–H and O–H groups in total. The highest BCUT2D eigenvalue weighted by atomic mass is 16.2. The van der Waals surface area contributed by atoms with E-state index in [9.17, 15) is 4.79 Å². The monoisotopic (exact) mass is 274 g/mol. The predicted octanol–water partition coefficient (Wildman–Crippen LogP) is 2.91. The van der Waals surface area contributed by atoms with E-state index in [0.717, 1.165) is 44.2 Å². The number of benzene rings is 1. The van der Waals surface area contributed by atoms with Gasteiger partial charge in [-0.1, -0.05) is 37.3 Å². The first-order valence-corrected chi connectivity index (χ1v) is 7.83. The third-order valence-electron chi connectivity index (χ3n) is 4.31. The van der Waals surface area contributed by atoms with Crippen molar-refractivity contribution in [1.29, 1.82) is 0 Å². The van der Waals surface area contributed by atoms with Crippen molar-refractivity contribution in [3.8, 4) is 0 Å². The van der Waals surface area contributed by atoms with Gasteiger partial charge in [-0.25, -0.2) is 0 Å². The van der Waals surface area contributed by atoms with Crippen LogP contribution in [0.4, 0.5) is 0 Å². The van der Waals surface area contributed by atoms with Crippen molar-refractivity contribution in [3.63, 3.8) is 0 Å². The van der Waals surface area contributed by atoms with E-state index in [2.05, 4.69) is 24.0 Å². The molecule has 0 spiro atoms. The highest BCUT2D eigenvalue weighted by Gasteiger charge is 2.32. The van der Waals surface area contributed by atoms with Gasteiger partial charge in [-0.05, 0) is 44.2 Å². The van der Waals surface area contributed by atoms with E-state index in [1.807, 2.05) is 18.2 Å². The summed E-state index contributed by atoms with van der Waals surface area (Å²) in [7, 11) is 0. The van der Waals surface area contributed by atoms with Crippen LogP contribution in [-0.2, 0) is 4.79 Å². The molecule has 1 aromatic rings. The summed E-state index contributed by atoms with van der Waals surface area (Å²) >= 11 is 0. The van der Waals surface area contributed by atoms with Crippen molar-refractivity contribution >= 4 is 5.91 Å². The number of likely N-dealkylation sites (tertiary alicyclic amines) is 1. The van der Waals surface area contributed by atoms with Crippen LogP contribution in [0.5, 0.6) is 0 Å². The summed E-state index contributed by atoms with van der Waals surface area (Å²) in [6, 6.07) is 10.6. The van der Waals surface area contributed by atoms with Gasteiger partial charge in [0.1, 0.15) is 0 Å². The topological polar surface area (TPSA) is 46.3 Å². The fraction of sp³-hybridized carbons (Fsp3) is 0.588. The summed E-state index contributed by atoms with van der Waals surface area (Å²) in [6.07, 6.45) is 5.19. The van der Waals surface area contributed by atoms with Gasteiger partial charge in [0.05, 0.1) is 5.92 Å². The van der Waals surface area contributed by atoms with Crippen LogP contribution in [0.25, 0.3) is 0 Å². The summed E-state index contributed by atoms with van der Waals surface area (Å²) in [6.45, 7) is 3.73. The Hall–Kier alpha value is -1.35. The van der Waals surface area contributed by atoms with Crippen molar-refractivity contribution < 1.29 is 4.79 Å². The Morgan fingerprint density at radius 1 is 1.40 bits per heavy atom. The average Bonchev–Trinajstić information content (AvgIpc) is 2.95. The second kappa shape index (κ2) is 7.44. The molecule has 2 unspecified atom stereocenters. The lowest BCUT2D eigenvalue weighted by atomic mass is 9.94.